The van der Waals surface area contributed by atoms with Crippen LogP contribution < -0.4 is 4.90 Å². The summed E-state index contributed by atoms with van der Waals surface area (Å²) in [5.74, 6) is -0.595. The number of fused-ring (bicyclic) bond motifs is 2. The largest absolute Gasteiger partial charge is 0.453 e. The molecule has 29 heavy (non-hydrogen) atoms. The molecule has 1 saturated heterocycles. The van der Waals surface area contributed by atoms with E-state index in [0.717, 1.165) is 24.1 Å². The van der Waals surface area contributed by atoms with Gasteiger partial charge in [0.15, 0.2) is 5.65 Å². The third-order valence-electron chi connectivity index (χ3n) is 5.05. The number of hydrogen-bond acceptors (Lipinski definition) is 6. The molecule has 0 atom stereocenters. The fourth-order valence-electron chi connectivity index (χ4n) is 3.59. The summed E-state index contributed by atoms with van der Waals surface area (Å²) < 4.78 is 41.3. The number of thiophene rings is 1. The van der Waals surface area contributed by atoms with Gasteiger partial charge in [-0.1, -0.05) is 18.2 Å². The summed E-state index contributed by atoms with van der Waals surface area (Å²) in [7, 11) is 0. The minimum absolute atomic E-state index is 0.0875. The second-order valence-corrected chi connectivity index (χ2v) is 8.16. The summed E-state index contributed by atoms with van der Waals surface area (Å²) in [4.78, 5) is 5.68. The smallest absolute Gasteiger partial charge is 0.353 e. The molecule has 150 valence electrons. The summed E-state index contributed by atoms with van der Waals surface area (Å²) in [6.45, 7) is 3.92. The molecule has 0 amide bonds. The third kappa shape index (κ3) is 3.53. The molecule has 0 spiro atoms. The van der Waals surface area contributed by atoms with Crippen molar-refractivity contribution in [2.24, 2.45) is 0 Å². The Morgan fingerprint density at radius 2 is 1.76 bits per heavy atom. The standard InChI is InChI=1S/C19H17F3N6S/c20-19(21,22)18-24-23-16-5-6-17(25-28(16)18)27-9-7-26(8-10-27)12-14-11-13-3-1-2-4-15(13)29-14/h1-6,11H,7-10,12H2. The predicted octanol–water partition coefficient (Wildman–Crippen LogP) is 3.68. The lowest BCUT2D eigenvalue weighted by atomic mass is 10.2. The van der Waals surface area contributed by atoms with Crippen molar-refractivity contribution in [1.82, 2.24) is 24.7 Å². The van der Waals surface area contributed by atoms with Crippen LogP contribution in [0.1, 0.15) is 10.7 Å². The maximum Gasteiger partial charge on any atom is 0.453 e. The van der Waals surface area contributed by atoms with Crippen molar-refractivity contribution >= 4 is 32.9 Å². The Labute approximate surface area is 168 Å². The monoisotopic (exact) mass is 418 g/mol. The highest BCUT2D eigenvalue weighted by Crippen LogP contribution is 2.29. The topological polar surface area (TPSA) is 49.6 Å². The van der Waals surface area contributed by atoms with Gasteiger partial charge in [-0.2, -0.15) is 17.7 Å². The summed E-state index contributed by atoms with van der Waals surface area (Å²) in [6, 6.07) is 13.8. The van der Waals surface area contributed by atoms with E-state index in [1.54, 1.807) is 17.4 Å². The lowest BCUT2D eigenvalue weighted by molar-refractivity contribution is -0.146. The minimum atomic E-state index is -4.59. The Morgan fingerprint density at radius 1 is 0.966 bits per heavy atom. The number of benzene rings is 1. The molecular weight excluding hydrogens is 401 g/mol. The zero-order valence-electron chi connectivity index (χ0n) is 15.3. The molecule has 0 unspecified atom stereocenters. The fourth-order valence-corrected chi connectivity index (χ4v) is 4.70. The maximum atomic E-state index is 13.1. The predicted molar refractivity (Wildman–Crippen MR) is 105 cm³/mol. The zero-order valence-corrected chi connectivity index (χ0v) is 16.1. The highest BCUT2D eigenvalue weighted by Gasteiger charge is 2.37. The van der Waals surface area contributed by atoms with Gasteiger partial charge in [0.05, 0.1) is 0 Å². The Kier molecular flexibility index (Phi) is 4.39. The Morgan fingerprint density at radius 3 is 2.52 bits per heavy atom. The average molecular weight is 418 g/mol. The van der Waals surface area contributed by atoms with E-state index in [-0.39, 0.29) is 5.65 Å². The van der Waals surface area contributed by atoms with Gasteiger partial charge in [0.25, 0.3) is 5.82 Å². The second-order valence-electron chi connectivity index (χ2n) is 7.00. The maximum absolute atomic E-state index is 13.1. The second kappa shape index (κ2) is 6.96. The van der Waals surface area contributed by atoms with Gasteiger partial charge < -0.3 is 4.90 Å². The molecule has 6 nitrogen and oxygen atoms in total. The van der Waals surface area contributed by atoms with Crippen molar-refractivity contribution in [2.45, 2.75) is 12.7 Å². The van der Waals surface area contributed by atoms with Crippen LogP contribution in [0.25, 0.3) is 15.7 Å². The van der Waals surface area contributed by atoms with Crippen molar-refractivity contribution in [3.63, 3.8) is 0 Å². The molecule has 1 aromatic carbocycles. The Balaban J connectivity index is 1.29. The van der Waals surface area contributed by atoms with Crippen LogP contribution in [0, 0.1) is 0 Å². The van der Waals surface area contributed by atoms with E-state index < -0.39 is 12.0 Å². The molecule has 10 heteroatoms. The van der Waals surface area contributed by atoms with Crippen molar-refractivity contribution in [1.29, 1.82) is 0 Å². The van der Waals surface area contributed by atoms with Crippen molar-refractivity contribution in [2.75, 3.05) is 31.1 Å². The summed E-state index contributed by atoms with van der Waals surface area (Å²) in [6.07, 6.45) is -4.59. The number of halogens is 3. The summed E-state index contributed by atoms with van der Waals surface area (Å²) in [5.41, 5.74) is 0.0875. The van der Waals surface area contributed by atoms with Crippen molar-refractivity contribution in [3.05, 3.63) is 53.2 Å². The van der Waals surface area contributed by atoms with E-state index in [2.05, 4.69) is 38.4 Å². The third-order valence-corrected chi connectivity index (χ3v) is 6.16. The van der Waals surface area contributed by atoms with Crippen molar-refractivity contribution < 1.29 is 13.2 Å². The van der Waals surface area contributed by atoms with Gasteiger partial charge in [-0.15, -0.1) is 26.6 Å². The number of anilines is 1. The first-order chi connectivity index (χ1) is 14.0. The van der Waals surface area contributed by atoms with Gasteiger partial charge in [0.1, 0.15) is 5.82 Å². The molecule has 5 rings (SSSR count). The number of alkyl halides is 3. The summed E-state index contributed by atoms with van der Waals surface area (Å²) >= 11 is 1.80. The molecule has 3 aromatic heterocycles. The molecule has 0 saturated carbocycles. The van der Waals surface area contributed by atoms with Crippen LogP contribution in [0.4, 0.5) is 19.0 Å². The SMILES string of the molecule is FC(F)(F)c1nnc2ccc(N3CCN(Cc4cc5ccccc5s4)CC3)nn12. The van der Waals surface area contributed by atoms with E-state index in [4.69, 9.17) is 0 Å². The van der Waals surface area contributed by atoms with E-state index in [9.17, 15) is 13.2 Å². The number of aromatic nitrogens is 4. The zero-order chi connectivity index (χ0) is 20.0. The lowest BCUT2D eigenvalue weighted by Gasteiger charge is -2.35. The van der Waals surface area contributed by atoms with E-state index >= 15 is 0 Å². The molecule has 0 bridgehead atoms. The van der Waals surface area contributed by atoms with Crippen LogP contribution in [-0.2, 0) is 12.7 Å². The molecule has 0 aliphatic carbocycles. The number of piperazine rings is 1. The Hall–Kier alpha value is -2.72. The van der Waals surface area contributed by atoms with E-state index in [0.29, 0.717) is 18.9 Å². The average Bonchev–Trinajstić information content (AvgIpc) is 3.31. The van der Waals surface area contributed by atoms with Crippen LogP contribution in [0.15, 0.2) is 42.5 Å². The molecule has 1 aliphatic heterocycles. The molecule has 4 heterocycles. The van der Waals surface area contributed by atoms with Crippen LogP contribution in [-0.4, -0.2) is 50.9 Å². The summed E-state index contributed by atoms with van der Waals surface area (Å²) in [5, 5.41) is 12.2. The van der Waals surface area contributed by atoms with Crippen LogP contribution >= 0.6 is 11.3 Å². The first kappa shape index (κ1) is 18.3. The van der Waals surface area contributed by atoms with Gasteiger partial charge in [-0.25, -0.2) is 0 Å². The van der Waals surface area contributed by atoms with E-state index in [1.807, 2.05) is 17.0 Å². The molecule has 1 aliphatic rings. The molecule has 4 aromatic rings. The number of hydrogen-bond donors (Lipinski definition) is 0. The first-order valence-electron chi connectivity index (χ1n) is 9.22. The van der Waals surface area contributed by atoms with Gasteiger partial charge in [-0.05, 0) is 29.7 Å². The van der Waals surface area contributed by atoms with Crippen LogP contribution in [0.5, 0.6) is 0 Å². The normalized spacial score (nSPS) is 16.2. The molecule has 0 radical (unpaired) electrons. The quantitative estimate of drug-likeness (QED) is 0.508. The molecule has 1 fully saturated rings. The minimum Gasteiger partial charge on any atom is -0.353 e. The number of nitrogens with zero attached hydrogens (tertiary/aromatic N) is 6. The number of rotatable bonds is 3. The fraction of sp³-hybridized carbons (Fsp3) is 0.316. The highest BCUT2D eigenvalue weighted by atomic mass is 32.1. The lowest BCUT2D eigenvalue weighted by Crippen LogP contribution is -2.46. The van der Waals surface area contributed by atoms with Gasteiger partial charge in [0.2, 0.25) is 0 Å². The molecular formula is C19H17F3N6S. The van der Waals surface area contributed by atoms with Gasteiger partial charge in [-0.3, -0.25) is 4.90 Å². The van der Waals surface area contributed by atoms with Gasteiger partial charge >= 0.3 is 6.18 Å². The molecule has 0 N–H and O–H groups in total. The van der Waals surface area contributed by atoms with Gasteiger partial charge in [0, 0.05) is 42.3 Å². The highest BCUT2D eigenvalue weighted by molar-refractivity contribution is 7.19. The first-order valence-corrected chi connectivity index (χ1v) is 10.0. The van der Waals surface area contributed by atoms with Crippen molar-refractivity contribution in [3.8, 4) is 0 Å². The van der Waals surface area contributed by atoms with Crippen LogP contribution in [0.3, 0.4) is 0 Å². The Bertz CT molecular complexity index is 1130. The van der Waals surface area contributed by atoms with E-state index in [1.165, 1.54) is 21.0 Å². The van der Waals surface area contributed by atoms with Crippen LogP contribution in [0.2, 0.25) is 0 Å².